The molecular formula is C21H27N. The zero-order valence-electron chi connectivity index (χ0n) is 14.1. The number of fused-ring (bicyclic) bond motifs is 1. The second-order valence-corrected chi connectivity index (χ2v) is 7.17. The van der Waals surface area contributed by atoms with Crippen LogP contribution in [0.3, 0.4) is 0 Å². The summed E-state index contributed by atoms with van der Waals surface area (Å²) in [5, 5.41) is 1.36. The molecule has 1 aliphatic rings. The molecule has 1 aromatic carbocycles. The summed E-state index contributed by atoms with van der Waals surface area (Å²) in [5.74, 6) is 2.18. The van der Waals surface area contributed by atoms with Gasteiger partial charge in [-0.25, -0.2) is 0 Å². The van der Waals surface area contributed by atoms with Crippen molar-refractivity contribution < 1.29 is 0 Å². The molecule has 1 nitrogen and oxygen atoms in total. The minimum Gasteiger partial charge on any atom is -0.256 e. The summed E-state index contributed by atoms with van der Waals surface area (Å²) in [4.78, 5) is 4.53. The SMILES string of the molecule is C=C(C)C(C)C1CCC(c2ccnc3ccc(C)cc23)CC1. The number of benzene rings is 1. The van der Waals surface area contributed by atoms with E-state index >= 15 is 0 Å². The van der Waals surface area contributed by atoms with Gasteiger partial charge in [0.2, 0.25) is 0 Å². The Morgan fingerprint density at radius 2 is 1.91 bits per heavy atom. The highest BCUT2D eigenvalue weighted by atomic mass is 14.6. The summed E-state index contributed by atoms with van der Waals surface area (Å²) in [7, 11) is 0. The van der Waals surface area contributed by atoms with Gasteiger partial charge in [-0.1, -0.05) is 30.7 Å². The fraction of sp³-hybridized carbons (Fsp3) is 0.476. The topological polar surface area (TPSA) is 12.9 Å². The first kappa shape index (κ1) is 15.3. The molecule has 116 valence electrons. The Balaban J connectivity index is 1.82. The van der Waals surface area contributed by atoms with Gasteiger partial charge in [-0.3, -0.25) is 4.98 Å². The molecule has 0 saturated heterocycles. The molecule has 1 heterocycles. The van der Waals surface area contributed by atoms with E-state index in [0.29, 0.717) is 11.8 Å². The third kappa shape index (κ3) is 2.95. The Morgan fingerprint density at radius 1 is 1.18 bits per heavy atom. The Labute approximate surface area is 134 Å². The van der Waals surface area contributed by atoms with Crippen molar-refractivity contribution in [1.82, 2.24) is 4.98 Å². The van der Waals surface area contributed by atoms with E-state index in [0.717, 1.165) is 11.4 Å². The number of rotatable bonds is 3. The van der Waals surface area contributed by atoms with Crippen LogP contribution in [0.5, 0.6) is 0 Å². The molecule has 1 saturated carbocycles. The van der Waals surface area contributed by atoms with E-state index in [4.69, 9.17) is 0 Å². The van der Waals surface area contributed by atoms with Crippen molar-refractivity contribution in [3.63, 3.8) is 0 Å². The van der Waals surface area contributed by atoms with E-state index in [-0.39, 0.29) is 0 Å². The van der Waals surface area contributed by atoms with Gasteiger partial charge in [0.05, 0.1) is 5.52 Å². The molecule has 0 bridgehead atoms. The average molecular weight is 293 g/mol. The highest BCUT2D eigenvalue weighted by Crippen LogP contribution is 2.41. The van der Waals surface area contributed by atoms with Crippen LogP contribution in [0.4, 0.5) is 0 Å². The van der Waals surface area contributed by atoms with Crippen molar-refractivity contribution in [2.24, 2.45) is 11.8 Å². The van der Waals surface area contributed by atoms with Crippen molar-refractivity contribution in [2.75, 3.05) is 0 Å². The first-order valence-electron chi connectivity index (χ1n) is 8.57. The Morgan fingerprint density at radius 3 is 2.59 bits per heavy atom. The van der Waals surface area contributed by atoms with Crippen LogP contribution in [-0.4, -0.2) is 4.98 Å². The predicted molar refractivity (Wildman–Crippen MR) is 95.2 cm³/mol. The molecule has 1 fully saturated rings. The number of allylic oxidation sites excluding steroid dienone is 1. The zero-order valence-corrected chi connectivity index (χ0v) is 14.1. The summed E-state index contributed by atoms with van der Waals surface area (Å²) in [6.45, 7) is 10.8. The molecule has 0 aliphatic heterocycles. The molecular weight excluding hydrogens is 266 g/mol. The third-order valence-corrected chi connectivity index (χ3v) is 5.63. The minimum atomic E-state index is 0.664. The summed E-state index contributed by atoms with van der Waals surface area (Å²) in [5.41, 5.74) is 5.32. The lowest BCUT2D eigenvalue weighted by atomic mass is 9.72. The van der Waals surface area contributed by atoms with Gasteiger partial charge in [0.25, 0.3) is 0 Å². The van der Waals surface area contributed by atoms with Crippen LogP contribution in [-0.2, 0) is 0 Å². The van der Waals surface area contributed by atoms with Gasteiger partial charge in [-0.15, -0.1) is 0 Å². The number of nitrogens with zero attached hydrogens (tertiary/aromatic N) is 1. The Kier molecular flexibility index (Phi) is 4.33. The van der Waals surface area contributed by atoms with Crippen molar-refractivity contribution >= 4 is 10.9 Å². The highest BCUT2D eigenvalue weighted by molar-refractivity contribution is 5.83. The predicted octanol–water partition coefficient (Wildman–Crippen LogP) is 6.03. The fourth-order valence-corrected chi connectivity index (χ4v) is 3.97. The van der Waals surface area contributed by atoms with Gasteiger partial charge >= 0.3 is 0 Å². The van der Waals surface area contributed by atoms with Crippen LogP contribution >= 0.6 is 0 Å². The normalized spacial score (nSPS) is 23.4. The molecule has 1 heteroatoms. The number of hydrogen-bond acceptors (Lipinski definition) is 1. The van der Waals surface area contributed by atoms with Gasteiger partial charge in [-0.05, 0) is 81.0 Å². The molecule has 2 aromatic rings. The molecule has 1 aromatic heterocycles. The van der Waals surface area contributed by atoms with Gasteiger partial charge in [0.15, 0.2) is 0 Å². The Bertz CT molecular complexity index is 677. The smallest absolute Gasteiger partial charge is 0.0705 e. The molecule has 0 N–H and O–H groups in total. The largest absolute Gasteiger partial charge is 0.256 e. The Hall–Kier alpha value is -1.63. The number of aromatic nitrogens is 1. The lowest BCUT2D eigenvalue weighted by Gasteiger charge is -2.33. The number of aryl methyl sites for hydroxylation is 1. The quantitative estimate of drug-likeness (QED) is 0.630. The lowest BCUT2D eigenvalue weighted by Crippen LogP contribution is -2.20. The van der Waals surface area contributed by atoms with E-state index in [1.807, 2.05) is 6.20 Å². The third-order valence-electron chi connectivity index (χ3n) is 5.63. The lowest BCUT2D eigenvalue weighted by molar-refractivity contribution is 0.270. The maximum absolute atomic E-state index is 4.53. The van der Waals surface area contributed by atoms with Gasteiger partial charge < -0.3 is 0 Å². The van der Waals surface area contributed by atoms with Gasteiger partial charge in [0.1, 0.15) is 0 Å². The molecule has 1 aliphatic carbocycles. The van der Waals surface area contributed by atoms with Crippen LogP contribution < -0.4 is 0 Å². The van der Waals surface area contributed by atoms with Crippen molar-refractivity contribution in [3.05, 3.63) is 53.7 Å². The summed E-state index contributed by atoms with van der Waals surface area (Å²) >= 11 is 0. The van der Waals surface area contributed by atoms with Crippen LogP contribution in [0.2, 0.25) is 0 Å². The molecule has 3 rings (SSSR count). The van der Waals surface area contributed by atoms with Crippen LogP contribution in [0.1, 0.15) is 56.6 Å². The molecule has 0 radical (unpaired) electrons. The first-order valence-corrected chi connectivity index (χ1v) is 8.57. The van der Waals surface area contributed by atoms with E-state index in [9.17, 15) is 0 Å². The maximum atomic E-state index is 4.53. The molecule has 22 heavy (non-hydrogen) atoms. The van der Waals surface area contributed by atoms with Crippen molar-refractivity contribution in [2.45, 2.75) is 52.4 Å². The maximum Gasteiger partial charge on any atom is 0.0705 e. The van der Waals surface area contributed by atoms with Crippen molar-refractivity contribution in [1.29, 1.82) is 0 Å². The van der Waals surface area contributed by atoms with E-state index in [1.54, 1.807) is 0 Å². The summed E-state index contributed by atoms with van der Waals surface area (Å²) < 4.78 is 0. The fourth-order valence-electron chi connectivity index (χ4n) is 3.97. The minimum absolute atomic E-state index is 0.664. The van der Waals surface area contributed by atoms with Crippen LogP contribution in [0, 0.1) is 18.8 Å². The molecule has 0 spiro atoms. The van der Waals surface area contributed by atoms with E-state index < -0.39 is 0 Å². The summed E-state index contributed by atoms with van der Waals surface area (Å²) in [6.07, 6.45) is 7.24. The first-order chi connectivity index (χ1) is 10.6. The van der Waals surface area contributed by atoms with Crippen molar-refractivity contribution in [3.8, 4) is 0 Å². The molecule has 1 unspecified atom stereocenters. The molecule has 0 amide bonds. The number of pyridine rings is 1. The van der Waals surface area contributed by atoms with E-state index in [2.05, 4.69) is 56.6 Å². The van der Waals surface area contributed by atoms with E-state index in [1.165, 1.54) is 47.8 Å². The highest BCUT2D eigenvalue weighted by Gasteiger charge is 2.27. The second-order valence-electron chi connectivity index (χ2n) is 7.17. The van der Waals surface area contributed by atoms with Crippen LogP contribution in [0.15, 0.2) is 42.6 Å². The van der Waals surface area contributed by atoms with Gasteiger partial charge in [-0.2, -0.15) is 0 Å². The standard InChI is InChI=1S/C21H27N/c1-14(2)16(4)17-6-8-18(9-7-17)19-11-12-22-21-10-5-15(3)13-20(19)21/h5,10-13,16-18H,1,6-9H2,2-4H3. The average Bonchev–Trinajstić information content (AvgIpc) is 2.53. The van der Waals surface area contributed by atoms with Crippen LogP contribution in [0.25, 0.3) is 10.9 Å². The zero-order chi connectivity index (χ0) is 15.7. The summed E-state index contributed by atoms with van der Waals surface area (Å²) in [6, 6.07) is 8.86. The second kappa shape index (κ2) is 6.24. The van der Waals surface area contributed by atoms with Gasteiger partial charge in [0, 0.05) is 11.6 Å². The molecule has 1 atom stereocenters. The monoisotopic (exact) mass is 293 g/mol. The number of hydrogen-bond donors (Lipinski definition) is 0.